The molecule has 0 radical (unpaired) electrons. The van der Waals surface area contributed by atoms with Crippen LogP contribution in [0.1, 0.15) is 34.9 Å². The fraction of sp³-hybridized carbons (Fsp3) is 0.174. The summed E-state index contributed by atoms with van der Waals surface area (Å²) in [6.45, 7) is 0. The maximum atomic E-state index is 12.8. The summed E-state index contributed by atoms with van der Waals surface area (Å²) in [5, 5.41) is 21.6. The second-order valence-electron chi connectivity index (χ2n) is 7.45. The number of nitrogens with one attached hydrogen (secondary N) is 1. The Morgan fingerprint density at radius 3 is 2.88 bits per heavy atom. The highest BCUT2D eigenvalue weighted by Gasteiger charge is 2.21. The lowest BCUT2D eigenvalue weighted by atomic mass is 9.97. The molecule has 0 atom stereocenters. The average molecular weight is 444 g/mol. The fourth-order valence-corrected chi connectivity index (χ4v) is 5.27. The normalized spacial score (nSPS) is 13.7. The van der Waals surface area contributed by atoms with E-state index in [0.717, 1.165) is 31.2 Å². The number of hydrogen-bond donors (Lipinski definition) is 1. The molecule has 0 amide bonds. The van der Waals surface area contributed by atoms with Crippen LogP contribution in [0.5, 0.6) is 0 Å². The zero-order valence-electron chi connectivity index (χ0n) is 16.8. The average Bonchev–Trinajstić information content (AvgIpc) is 3.41. The second kappa shape index (κ2) is 7.90. The molecular weight excluding hydrogens is 428 g/mol. The van der Waals surface area contributed by atoms with Gasteiger partial charge in [-0.25, -0.2) is 4.98 Å². The van der Waals surface area contributed by atoms with E-state index in [1.807, 2.05) is 0 Å². The number of furan rings is 1. The summed E-state index contributed by atoms with van der Waals surface area (Å²) in [6.07, 6.45) is 5.46. The number of aromatic amines is 1. The largest absolute Gasteiger partial charge is 0.456 e. The molecule has 4 aromatic rings. The predicted molar refractivity (Wildman–Crippen MR) is 121 cm³/mol. The van der Waals surface area contributed by atoms with Gasteiger partial charge in [0.15, 0.2) is 5.82 Å². The van der Waals surface area contributed by atoms with Crippen molar-refractivity contribution in [3.8, 4) is 17.4 Å². The summed E-state index contributed by atoms with van der Waals surface area (Å²) < 4.78 is 5.75. The molecule has 9 heteroatoms. The number of fused-ring (bicyclic) bond motifs is 3. The highest BCUT2D eigenvalue weighted by molar-refractivity contribution is 7.18. The first-order valence-electron chi connectivity index (χ1n) is 10.1. The topological polar surface area (TPSA) is 126 Å². The fourth-order valence-electron chi connectivity index (χ4n) is 4.00. The van der Waals surface area contributed by atoms with Gasteiger partial charge in [0.2, 0.25) is 0 Å². The van der Waals surface area contributed by atoms with E-state index in [9.17, 15) is 20.2 Å². The van der Waals surface area contributed by atoms with E-state index >= 15 is 0 Å². The number of aryl methyl sites for hydroxylation is 2. The molecule has 0 saturated heterocycles. The van der Waals surface area contributed by atoms with Crippen molar-refractivity contribution in [2.75, 3.05) is 0 Å². The minimum absolute atomic E-state index is 0.0732. The molecule has 32 heavy (non-hydrogen) atoms. The van der Waals surface area contributed by atoms with Crippen LogP contribution in [-0.2, 0) is 12.8 Å². The Kier molecular flexibility index (Phi) is 4.92. The van der Waals surface area contributed by atoms with Crippen LogP contribution >= 0.6 is 11.3 Å². The Bertz CT molecular complexity index is 1500. The molecule has 0 unspecified atom stereocenters. The van der Waals surface area contributed by atoms with Crippen LogP contribution in [0.3, 0.4) is 0 Å². The molecule has 0 spiro atoms. The standard InChI is InChI=1S/C23H16N4O4S/c24-12-13(11-14-9-10-18(31-14)15-5-1-3-7-17(15)27(29)30)21-25-22(28)20-16-6-2-4-8-19(16)32-23(20)26-21/h1,3,5,7,9-11H,2,4,6,8H2,(H,25,26,28). The third-order valence-electron chi connectivity index (χ3n) is 5.48. The molecule has 1 aliphatic carbocycles. The van der Waals surface area contributed by atoms with E-state index < -0.39 is 4.92 Å². The van der Waals surface area contributed by atoms with Gasteiger partial charge in [0.1, 0.15) is 22.4 Å². The SMILES string of the molecule is N#CC(=Cc1ccc(-c2ccccc2[N+](=O)[O-])o1)c1nc2sc3c(c2c(=O)[nH]1)CCCC3. The quantitative estimate of drug-likeness (QED) is 0.265. The minimum atomic E-state index is -0.474. The van der Waals surface area contributed by atoms with Gasteiger partial charge >= 0.3 is 0 Å². The van der Waals surface area contributed by atoms with E-state index in [1.165, 1.54) is 28.4 Å². The van der Waals surface area contributed by atoms with Crippen molar-refractivity contribution in [3.05, 3.63) is 78.9 Å². The number of benzene rings is 1. The number of H-pyrrole nitrogens is 1. The lowest BCUT2D eigenvalue weighted by Crippen LogP contribution is -2.12. The second-order valence-corrected chi connectivity index (χ2v) is 8.54. The van der Waals surface area contributed by atoms with Gasteiger partial charge in [0, 0.05) is 17.0 Å². The Hall–Kier alpha value is -4.03. The summed E-state index contributed by atoms with van der Waals surface area (Å²) in [7, 11) is 0. The van der Waals surface area contributed by atoms with E-state index in [2.05, 4.69) is 16.0 Å². The molecule has 0 bridgehead atoms. The molecular formula is C23H16N4O4S. The van der Waals surface area contributed by atoms with Crippen molar-refractivity contribution in [2.45, 2.75) is 25.7 Å². The van der Waals surface area contributed by atoms with Crippen LogP contribution in [0, 0.1) is 21.4 Å². The van der Waals surface area contributed by atoms with Gasteiger partial charge in [-0.1, -0.05) is 12.1 Å². The maximum Gasteiger partial charge on any atom is 0.280 e. The Labute approximate surface area is 185 Å². The smallest absolute Gasteiger partial charge is 0.280 e. The van der Waals surface area contributed by atoms with Crippen molar-refractivity contribution in [2.24, 2.45) is 0 Å². The van der Waals surface area contributed by atoms with Crippen LogP contribution in [0.4, 0.5) is 5.69 Å². The zero-order chi connectivity index (χ0) is 22.2. The Balaban J connectivity index is 1.55. The minimum Gasteiger partial charge on any atom is -0.456 e. The van der Waals surface area contributed by atoms with Gasteiger partial charge in [0.05, 0.1) is 21.4 Å². The number of nitro benzene ring substituents is 1. The number of para-hydroxylation sites is 1. The lowest BCUT2D eigenvalue weighted by molar-refractivity contribution is -0.384. The van der Waals surface area contributed by atoms with Gasteiger partial charge in [-0.2, -0.15) is 5.26 Å². The van der Waals surface area contributed by atoms with Crippen LogP contribution in [-0.4, -0.2) is 14.9 Å². The maximum absolute atomic E-state index is 12.8. The van der Waals surface area contributed by atoms with Crippen molar-refractivity contribution < 1.29 is 9.34 Å². The third-order valence-corrected chi connectivity index (χ3v) is 6.67. The highest BCUT2D eigenvalue weighted by Crippen LogP contribution is 2.34. The van der Waals surface area contributed by atoms with Crippen molar-refractivity contribution >= 4 is 38.9 Å². The highest BCUT2D eigenvalue weighted by atomic mass is 32.1. The third kappa shape index (κ3) is 3.40. The monoisotopic (exact) mass is 444 g/mol. The molecule has 0 aliphatic heterocycles. The molecule has 5 rings (SSSR count). The van der Waals surface area contributed by atoms with Crippen LogP contribution in [0.15, 0.2) is 45.6 Å². The molecule has 0 saturated carbocycles. The molecule has 1 N–H and O–H groups in total. The van der Waals surface area contributed by atoms with E-state index in [1.54, 1.807) is 30.3 Å². The van der Waals surface area contributed by atoms with Gasteiger partial charge in [-0.05, 0) is 49.4 Å². The van der Waals surface area contributed by atoms with Crippen LogP contribution < -0.4 is 5.56 Å². The Morgan fingerprint density at radius 1 is 1.25 bits per heavy atom. The van der Waals surface area contributed by atoms with Gasteiger partial charge in [-0.15, -0.1) is 11.3 Å². The van der Waals surface area contributed by atoms with E-state index in [-0.39, 0.29) is 22.6 Å². The number of thiophene rings is 1. The molecule has 1 aromatic carbocycles. The number of allylic oxidation sites excluding steroid dienone is 1. The summed E-state index contributed by atoms with van der Waals surface area (Å²) in [5.41, 5.74) is 1.24. The lowest BCUT2D eigenvalue weighted by Gasteiger charge is -2.09. The number of aromatic nitrogens is 2. The molecule has 8 nitrogen and oxygen atoms in total. The Morgan fingerprint density at radius 2 is 2.06 bits per heavy atom. The first kappa shape index (κ1) is 19.9. The molecule has 3 aromatic heterocycles. The predicted octanol–water partition coefficient (Wildman–Crippen LogP) is 5.10. The number of hydrogen-bond acceptors (Lipinski definition) is 7. The number of nitriles is 1. The molecule has 3 heterocycles. The first-order valence-corrected chi connectivity index (χ1v) is 10.9. The molecule has 0 fully saturated rings. The summed E-state index contributed by atoms with van der Waals surface area (Å²) in [6, 6.07) is 11.6. The number of nitrogens with zero attached hydrogens (tertiary/aromatic N) is 3. The van der Waals surface area contributed by atoms with Crippen molar-refractivity contribution in [1.29, 1.82) is 5.26 Å². The van der Waals surface area contributed by atoms with Gasteiger partial charge < -0.3 is 9.40 Å². The van der Waals surface area contributed by atoms with Crippen molar-refractivity contribution in [1.82, 2.24) is 9.97 Å². The van der Waals surface area contributed by atoms with Crippen LogP contribution in [0.25, 0.3) is 33.2 Å². The first-order chi connectivity index (χ1) is 15.5. The zero-order valence-corrected chi connectivity index (χ0v) is 17.6. The number of nitro groups is 1. The number of rotatable bonds is 4. The summed E-state index contributed by atoms with van der Waals surface area (Å²) >= 11 is 1.51. The van der Waals surface area contributed by atoms with Crippen molar-refractivity contribution in [3.63, 3.8) is 0 Å². The van der Waals surface area contributed by atoms with E-state index in [0.29, 0.717) is 27.3 Å². The van der Waals surface area contributed by atoms with Gasteiger partial charge in [0.25, 0.3) is 11.2 Å². The molecule has 158 valence electrons. The summed E-state index contributed by atoms with van der Waals surface area (Å²) in [4.78, 5) is 32.7. The van der Waals surface area contributed by atoms with Gasteiger partial charge in [-0.3, -0.25) is 14.9 Å². The summed E-state index contributed by atoms with van der Waals surface area (Å²) in [5.74, 6) is 0.804. The molecule has 1 aliphatic rings. The van der Waals surface area contributed by atoms with Crippen LogP contribution in [0.2, 0.25) is 0 Å². The van der Waals surface area contributed by atoms with E-state index in [4.69, 9.17) is 4.42 Å².